The average molecular weight is 295 g/mol. The van der Waals surface area contributed by atoms with Gasteiger partial charge in [0.2, 0.25) is 0 Å². The minimum absolute atomic E-state index is 0.147. The van der Waals surface area contributed by atoms with Crippen LogP contribution in [0.4, 0.5) is 0 Å². The molecule has 1 aromatic carbocycles. The summed E-state index contributed by atoms with van der Waals surface area (Å²) < 4.78 is 5.21. The maximum Gasteiger partial charge on any atom is 0.258 e. The van der Waals surface area contributed by atoms with Crippen LogP contribution in [0.15, 0.2) is 24.8 Å². The number of halogens is 3. The van der Waals surface area contributed by atoms with Crippen molar-refractivity contribution in [3.05, 3.63) is 39.9 Å². The highest BCUT2D eigenvalue weighted by atomic mass is 35.5. The van der Waals surface area contributed by atoms with Crippen LogP contribution in [0.5, 0.6) is 5.75 Å². The minimum Gasteiger partial charge on any atom is -0.482 e. The lowest BCUT2D eigenvalue weighted by atomic mass is 10.3. The van der Waals surface area contributed by atoms with Crippen molar-refractivity contribution in [2.45, 2.75) is 0 Å². The van der Waals surface area contributed by atoms with E-state index < -0.39 is 0 Å². The molecule has 0 aliphatic heterocycles. The van der Waals surface area contributed by atoms with Crippen LogP contribution < -0.4 is 10.1 Å². The van der Waals surface area contributed by atoms with Gasteiger partial charge >= 0.3 is 0 Å². The van der Waals surface area contributed by atoms with Gasteiger partial charge in [0.15, 0.2) is 6.61 Å². The number of carbonyl (C=O) groups excluding carboxylic acids is 1. The summed E-state index contributed by atoms with van der Waals surface area (Å²) >= 11 is 17.4. The first kappa shape index (κ1) is 14.2. The number of amides is 1. The Morgan fingerprint density at radius 2 is 1.94 bits per heavy atom. The number of hydrogen-bond acceptors (Lipinski definition) is 2. The fourth-order valence-electron chi connectivity index (χ4n) is 0.995. The topological polar surface area (TPSA) is 38.3 Å². The van der Waals surface area contributed by atoms with Gasteiger partial charge in [-0.1, -0.05) is 40.9 Å². The molecule has 6 heteroatoms. The third-order valence-corrected chi connectivity index (χ3v) is 2.79. The van der Waals surface area contributed by atoms with Crippen molar-refractivity contribution in [2.75, 3.05) is 13.2 Å². The van der Waals surface area contributed by atoms with Crippen molar-refractivity contribution in [3.63, 3.8) is 0 Å². The highest BCUT2D eigenvalue weighted by Crippen LogP contribution is 2.33. The van der Waals surface area contributed by atoms with Crippen molar-refractivity contribution in [3.8, 4) is 5.75 Å². The van der Waals surface area contributed by atoms with E-state index in [0.29, 0.717) is 27.4 Å². The Morgan fingerprint density at radius 1 is 1.29 bits per heavy atom. The van der Waals surface area contributed by atoms with Gasteiger partial charge in [0, 0.05) is 12.6 Å². The third kappa shape index (κ3) is 4.46. The molecule has 0 saturated heterocycles. The van der Waals surface area contributed by atoms with Gasteiger partial charge in [0.05, 0.1) is 15.1 Å². The normalized spacial score (nSPS) is 9.82. The Kier molecular flexibility index (Phi) is 5.62. The van der Waals surface area contributed by atoms with Crippen molar-refractivity contribution in [2.24, 2.45) is 0 Å². The Labute approximate surface area is 114 Å². The Hall–Kier alpha value is -0.900. The molecule has 0 saturated carbocycles. The molecular formula is C11H10Cl3NO2. The maximum absolute atomic E-state index is 11.3. The Bertz CT molecular complexity index is 435. The van der Waals surface area contributed by atoms with E-state index in [2.05, 4.69) is 11.9 Å². The average Bonchev–Trinajstić information content (AvgIpc) is 2.29. The summed E-state index contributed by atoms with van der Waals surface area (Å²) in [4.78, 5) is 11.3. The van der Waals surface area contributed by atoms with E-state index >= 15 is 0 Å². The summed E-state index contributed by atoms with van der Waals surface area (Å²) in [5, 5.41) is 3.52. The third-order valence-electron chi connectivity index (χ3n) is 1.78. The lowest BCUT2D eigenvalue weighted by molar-refractivity contribution is -0.122. The van der Waals surface area contributed by atoms with Crippen LogP contribution in [0.3, 0.4) is 0 Å². The lowest BCUT2D eigenvalue weighted by Crippen LogP contribution is -2.28. The van der Waals surface area contributed by atoms with Crippen LogP contribution in [0.1, 0.15) is 0 Å². The fraction of sp³-hybridized carbons (Fsp3) is 0.182. The van der Waals surface area contributed by atoms with Gasteiger partial charge in [-0.05, 0) is 6.07 Å². The van der Waals surface area contributed by atoms with Crippen LogP contribution in [-0.2, 0) is 4.79 Å². The monoisotopic (exact) mass is 293 g/mol. The van der Waals surface area contributed by atoms with Gasteiger partial charge in [0.1, 0.15) is 5.75 Å². The number of nitrogens with one attached hydrogen (secondary N) is 1. The van der Waals surface area contributed by atoms with Crippen LogP contribution >= 0.6 is 34.8 Å². The van der Waals surface area contributed by atoms with E-state index in [1.54, 1.807) is 6.08 Å². The number of hydrogen-bond donors (Lipinski definition) is 1. The molecule has 0 unspecified atom stereocenters. The highest BCUT2D eigenvalue weighted by Gasteiger charge is 2.08. The number of carbonyl (C=O) groups is 1. The van der Waals surface area contributed by atoms with Crippen molar-refractivity contribution in [1.82, 2.24) is 5.32 Å². The summed E-state index contributed by atoms with van der Waals surface area (Å²) in [5.74, 6) is 0.0434. The maximum atomic E-state index is 11.3. The van der Waals surface area contributed by atoms with Gasteiger partial charge < -0.3 is 10.1 Å². The second-order valence-electron chi connectivity index (χ2n) is 3.08. The van der Waals surface area contributed by atoms with E-state index in [-0.39, 0.29) is 12.5 Å². The SMILES string of the molecule is C=CCNC(=O)COc1cc(Cl)c(Cl)cc1Cl. The molecule has 0 heterocycles. The van der Waals surface area contributed by atoms with Crippen LogP contribution in [-0.4, -0.2) is 19.1 Å². The molecule has 3 nitrogen and oxygen atoms in total. The summed E-state index contributed by atoms with van der Waals surface area (Å²) in [5.41, 5.74) is 0. The standard InChI is InChI=1S/C11H10Cl3NO2/c1-2-3-15-11(16)6-17-10-5-8(13)7(12)4-9(10)14/h2,4-5H,1,3,6H2,(H,15,16). The predicted molar refractivity (Wildman–Crippen MR) is 70.2 cm³/mol. The predicted octanol–water partition coefficient (Wildman–Crippen LogP) is 3.33. The lowest BCUT2D eigenvalue weighted by Gasteiger charge is -2.09. The molecule has 1 rings (SSSR count). The molecule has 0 aliphatic rings. The van der Waals surface area contributed by atoms with E-state index in [0.717, 1.165) is 0 Å². The second kappa shape index (κ2) is 6.74. The number of rotatable bonds is 5. The van der Waals surface area contributed by atoms with E-state index in [4.69, 9.17) is 39.5 Å². The molecule has 92 valence electrons. The summed E-state index contributed by atoms with van der Waals surface area (Å²) in [6, 6.07) is 2.93. The van der Waals surface area contributed by atoms with E-state index in [1.165, 1.54) is 12.1 Å². The Morgan fingerprint density at radius 3 is 2.59 bits per heavy atom. The van der Waals surface area contributed by atoms with E-state index in [1.807, 2.05) is 0 Å². The largest absolute Gasteiger partial charge is 0.482 e. The molecule has 0 fully saturated rings. The first-order valence-corrected chi connectivity index (χ1v) is 5.83. The number of ether oxygens (including phenoxy) is 1. The van der Waals surface area contributed by atoms with Crippen LogP contribution in [0, 0.1) is 0 Å². The zero-order valence-corrected chi connectivity index (χ0v) is 11.1. The van der Waals surface area contributed by atoms with E-state index in [9.17, 15) is 4.79 Å². The molecule has 17 heavy (non-hydrogen) atoms. The summed E-state index contributed by atoms with van der Waals surface area (Å²) in [7, 11) is 0. The molecule has 0 aromatic heterocycles. The van der Waals surface area contributed by atoms with Gasteiger partial charge in [-0.15, -0.1) is 6.58 Å². The molecule has 1 amide bonds. The first-order valence-electron chi connectivity index (χ1n) is 4.69. The van der Waals surface area contributed by atoms with Gasteiger partial charge in [-0.25, -0.2) is 0 Å². The highest BCUT2D eigenvalue weighted by molar-refractivity contribution is 6.43. The van der Waals surface area contributed by atoms with Crippen molar-refractivity contribution in [1.29, 1.82) is 0 Å². The van der Waals surface area contributed by atoms with Crippen LogP contribution in [0.2, 0.25) is 15.1 Å². The molecule has 0 aliphatic carbocycles. The molecule has 1 N–H and O–H groups in total. The fourth-order valence-corrected chi connectivity index (χ4v) is 1.59. The molecule has 0 radical (unpaired) electrons. The zero-order chi connectivity index (χ0) is 12.8. The second-order valence-corrected chi connectivity index (χ2v) is 4.30. The quantitative estimate of drug-likeness (QED) is 0.668. The van der Waals surface area contributed by atoms with Crippen molar-refractivity contribution >= 4 is 40.7 Å². The van der Waals surface area contributed by atoms with Gasteiger partial charge in [-0.3, -0.25) is 4.79 Å². The van der Waals surface area contributed by atoms with Gasteiger partial charge in [0.25, 0.3) is 5.91 Å². The van der Waals surface area contributed by atoms with Crippen molar-refractivity contribution < 1.29 is 9.53 Å². The van der Waals surface area contributed by atoms with Gasteiger partial charge in [-0.2, -0.15) is 0 Å². The molecule has 1 aromatic rings. The summed E-state index contributed by atoms with van der Waals surface area (Å²) in [6.45, 7) is 3.72. The zero-order valence-electron chi connectivity index (χ0n) is 8.80. The smallest absolute Gasteiger partial charge is 0.258 e. The van der Waals surface area contributed by atoms with Crippen LogP contribution in [0.25, 0.3) is 0 Å². The minimum atomic E-state index is -0.271. The molecule has 0 bridgehead atoms. The Balaban J connectivity index is 2.60. The molecule has 0 spiro atoms. The molecule has 0 atom stereocenters. The molecular weight excluding hydrogens is 284 g/mol. The first-order chi connectivity index (χ1) is 8.04. The summed E-state index contributed by atoms with van der Waals surface area (Å²) in [6.07, 6.45) is 1.57. The number of benzene rings is 1.